The van der Waals surface area contributed by atoms with E-state index in [1.54, 1.807) is 12.3 Å². The van der Waals surface area contributed by atoms with E-state index in [0.29, 0.717) is 11.4 Å². The summed E-state index contributed by atoms with van der Waals surface area (Å²) in [4.78, 5) is 0.0359. The third kappa shape index (κ3) is 3.22. The number of rotatable bonds is 3. The van der Waals surface area contributed by atoms with Gasteiger partial charge in [0.05, 0.1) is 28.0 Å². The number of hydrogen-bond acceptors (Lipinski definition) is 2. The van der Waals surface area contributed by atoms with Gasteiger partial charge in [-0.15, -0.1) is 5.10 Å². The van der Waals surface area contributed by atoms with E-state index in [4.69, 9.17) is 0 Å². The van der Waals surface area contributed by atoms with Crippen molar-refractivity contribution in [2.45, 2.75) is 24.3 Å². The summed E-state index contributed by atoms with van der Waals surface area (Å²) >= 11 is 6.33. The minimum absolute atomic E-state index is 0.000940. The molecule has 0 bridgehead atoms. The van der Waals surface area contributed by atoms with Crippen molar-refractivity contribution in [3.63, 3.8) is 0 Å². The molecule has 1 aromatic carbocycles. The smallest absolute Gasteiger partial charge is 0.220 e. The Morgan fingerprint density at radius 2 is 2.05 bits per heavy atom. The van der Waals surface area contributed by atoms with Gasteiger partial charge in [-0.05, 0) is 24.6 Å². The SMILES string of the molecule is CCC(Br)c1cn(-c2ccc(Br)c(C(F)(F)F)c2)nn1. The van der Waals surface area contributed by atoms with Gasteiger partial charge in [-0.25, -0.2) is 4.68 Å². The van der Waals surface area contributed by atoms with Crippen molar-refractivity contribution in [1.29, 1.82) is 0 Å². The summed E-state index contributed by atoms with van der Waals surface area (Å²) < 4.78 is 39.9. The minimum Gasteiger partial charge on any atom is -0.220 e. The molecule has 0 saturated carbocycles. The molecule has 0 fully saturated rings. The lowest BCUT2D eigenvalue weighted by Gasteiger charge is -2.10. The van der Waals surface area contributed by atoms with Gasteiger partial charge in [-0.2, -0.15) is 13.2 Å². The standard InChI is InChI=1S/C12H10Br2F3N3/c1-2-9(13)11-6-20(19-18-11)7-3-4-10(14)8(5-7)12(15,16)17/h3-6,9H,2H2,1H3. The Hall–Kier alpha value is -0.890. The molecule has 2 aromatic rings. The molecule has 2 rings (SSSR count). The molecule has 1 atom stereocenters. The summed E-state index contributed by atoms with van der Waals surface area (Å²) in [6.45, 7) is 1.97. The Kier molecular flexibility index (Phi) is 4.53. The van der Waals surface area contributed by atoms with Crippen LogP contribution in [0, 0.1) is 0 Å². The minimum atomic E-state index is -4.42. The lowest BCUT2D eigenvalue weighted by Crippen LogP contribution is -2.07. The number of hydrogen-bond donors (Lipinski definition) is 0. The van der Waals surface area contributed by atoms with Crippen LogP contribution in [-0.4, -0.2) is 15.0 Å². The van der Waals surface area contributed by atoms with Crippen LogP contribution >= 0.6 is 31.9 Å². The maximum atomic E-state index is 12.8. The quantitative estimate of drug-likeness (QED) is 0.671. The highest BCUT2D eigenvalue weighted by atomic mass is 79.9. The van der Waals surface area contributed by atoms with Crippen LogP contribution < -0.4 is 0 Å². The lowest BCUT2D eigenvalue weighted by molar-refractivity contribution is -0.138. The molecule has 0 spiro atoms. The highest BCUT2D eigenvalue weighted by molar-refractivity contribution is 9.10. The van der Waals surface area contributed by atoms with E-state index in [1.165, 1.54) is 10.7 Å². The average molecular weight is 413 g/mol. The van der Waals surface area contributed by atoms with E-state index < -0.39 is 11.7 Å². The Morgan fingerprint density at radius 1 is 1.35 bits per heavy atom. The van der Waals surface area contributed by atoms with Crippen molar-refractivity contribution in [2.24, 2.45) is 0 Å². The molecule has 20 heavy (non-hydrogen) atoms. The maximum Gasteiger partial charge on any atom is 0.417 e. The molecular weight excluding hydrogens is 403 g/mol. The zero-order valence-corrected chi connectivity index (χ0v) is 13.5. The van der Waals surface area contributed by atoms with Crippen LogP contribution in [0.25, 0.3) is 5.69 Å². The van der Waals surface area contributed by atoms with Crippen LogP contribution in [0.2, 0.25) is 0 Å². The molecule has 8 heteroatoms. The van der Waals surface area contributed by atoms with Crippen LogP contribution in [0.15, 0.2) is 28.9 Å². The molecule has 1 heterocycles. The Labute approximate surface area is 130 Å². The monoisotopic (exact) mass is 411 g/mol. The van der Waals surface area contributed by atoms with E-state index >= 15 is 0 Å². The molecule has 1 aromatic heterocycles. The van der Waals surface area contributed by atoms with Gasteiger partial charge in [0, 0.05) is 4.47 Å². The first-order valence-corrected chi connectivity index (χ1v) is 7.47. The molecule has 0 radical (unpaired) electrons. The number of benzene rings is 1. The van der Waals surface area contributed by atoms with Crippen LogP contribution in [0.3, 0.4) is 0 Å². The van der Waals surface area contributed by atoms with E-state index in [1.807, 2.05) is 6.92 Å². The van der Waals surface area contributed by atoms with Crippen LogP contribution in [-0.2, 0) is 6.18 Å². The molecular formula is C12H10Br2F3N3. The first kappa shape index (κ1) is 15.5. The third-order valence-electron chi connectivity index (χ3n) is 2.71. The lowest BCUT2D eigenvalue weighted by atomic mass is 10.2. The fourth-order valence-corrected chi connectivity index (χ4v) is 2.31. The van der Waals surface area contributed by atoms with Gasteiger partial charge in [0.2, 0.25) is 0 Å². The van der Waals surface area contributed by atoms with E-state index in [2.05, 4.69) is 42.2 Å². The van der Waals surface area contributed by atoms with E-state index in [-0.39, 0.29) is 9.30 Å². The summed E-state index contributed by atoms with van der Waals surface area (Å²) in [6, 6.07) is 3.94. The summed E-state index contributed by atoms with van der Waals surface area (Å²) in [6.07, 6.45) is -1.99. The van der Waals surface area contributed by atoms with Crippen LogP contribution in [0.1, 0.15) is 29.4 Å². The Bertz CT molecular complexity index is 610. The van der Waals surface area contributed by atoms with Gasteiger partial charge in [-0.3, -0.25) is 0 Å². The second-order valence-electron chi connectivity index (χ2n) is 4.13. The molecule has 0 aliphatic carbocycles. The van der Waals surface area contributed by atoms with Gasteiger partial charge >= 0.3 is 6.18 Å². The van der Waals surface area contributed by atoms with Crippen molar-refractivity contribution in [2.75, 3.05) is 0 Å². The second-order valence-corrected chi connectivity index (χ2v) is 6.09. The molecule has 108 valence electrons. The zero-order chi connectivity index (χ0) is 14.9. The van der Waals surface area contributed by atoms with Crippen molar-refractivity contribution in [3.05, 3.63) is 40.1 Å². The van der Waals surface area contributed by atoms with Gasteiger partial charge in [0.25, 0.3) is 0 Å². The summed E-state index contributed by atoms with van der Waals surface area (Å²) in [5.74, 6) is 0. The molecule has 0 aliphatic heterocycles. The predicted octanol–water partition coefficient (Wildman–Crippen LogP) is 4.89. The van der Waals surface area contributed by atoms with Gasteiger partial charge in [0.15, 0.2) is 0 Å². The van der Waals surface area contributed by atoms with E-state index in [0.717, 1.165) is 12.5 Å². The molecule has 1 unspecified atom stereocenters. The predicted molar refractivity (Wildman–Crippen MR) is 76.0 cm³/mol. The van der Waals surface area contributed by atoms with Gasteiger partial charge < -0.3 is 0 Å². The largest absolute Gasteiger partial charge is 0.417 e. The highest BCUT2D eigenvalue weighted by Gasteiger charge is 2.33. The fraction of sp³-hybridized carbons (Fsp3) is 0.333. The molecule has 0 saturated heterocycles. The molecule has 3 nitrogen and oxygen atoms in total. The summed E-state index contributed by atoms with van der Waals surface area (Å²) in [5, 5.41) is 7.81. The third-order valence-corrected chi connectivity index (χ3v) is 4.52. The van der Waals surface area contributed by atoms with Crippen molar-refractivity contribution < 1.29 is 13.2 Å². The normalized spacial score (nSPS) is 13.5. The maximum absolute atomic E-state index is 12.8. The van der Waals surface area contributed by atoms with E-state index in [9.17, 15) is 13.2 Å². The Morgan fingerprint density at radius 3 is 2.65 bits per heavy atom. The highest BCUT2D eigenvalue weighted by Crippen LogP contribution is 2.36. The Balaban J connectivity index is 2.41. The summed E-state index contributed by atoms with van der Waals surface area (Å²) in [5.41, 5.74) is 0.261. The van der Waals surface area contributed by atoms with Crippen LogP contribution in [0.5, 0.6) is 0 Å². The molecule has 0 amide bonds. The fourth-order valence-electron chi connectivity index (χ4n) is 1.63. The average Bonchev–Trinajstić information content (AvgIpc) is 2.86. The van der Waals surface area contributed by atoms with Crippen molar-refractivity contribution in [1.82, 2.24) is 15.0 Å². The number of nitrogens with zero attached hydrogens (tertiary/aromatic N) is 3. The van der Waals surface area contributed by atoms with Gasteiger partial charge in [0.1, 0.15) is 0 Å². The number of halogens is 5. The first-order valence-electron chi connectivity index (χ1n) is 5.76. The topological polar surface area (TPSA) is 30.7 Å². The molecule has 0 N–H and O–H groups in total. The molecule has 0 aliphatic rings. The van der Waals surface area contributed by atoms with Crippen molar-refractivity contribution >= 4 is 31.9 Å². The zero-order valence-electron chi connectivity index (χ0n) is 10.3. The number of aromatic nitrogens is 3. The van der Waals surface area contributed by atoms with Crippen LogP contribution in [0.4, 0.5) is 13.2 Å². The van der Waals surface area contributed by atoms with Gasteiger partial charge in [-0.1, -0.05) is 44.0 Å². The van der Waals surface area contributed by atoms with Crippen molar-refractivity contribution in [3.8, 4) is 5.69 Å². The first-order chi connectivity index (χ1) is 9.32. The summed E-state index contributed by atoms with van der Waals surface area (Å²) in [7, 11) is 0. The number of alkyl halides is 4. The second kappa shape index (κ2) is 5.85.